The van der Waals surface area contributed by atoms with Gasteiger partial charge in [0.1, 0.15) is 0 Å². The first kappa shape index (κ1) is 12.5. The van der Waals surface area contributed by atoms with Gasteiger partial charge in [-0.05, 0) is 19.4 Å². The van der Waals surface area contributed by atoms with E-state index in [0.29, 0.717) is 11.1 Å². The molecule has 1 atom stereocenters. The summed E-state index contributed by atoms with van der Waals surface area (Å²) in [5.74, 6) is -0.507. The van der Waals surface area contributed by atoms with Crippen molar-refractivity contribution in [1.29, 1.82) is 0 Å². The number of carbonyl (C=O) groups excluding carboxylic acids is 1. The minimum Gasteiger partial charge on any atom is -0.290 e. The molecule has 18 heavy (non-hydrogen) atoms. The fraction of sp³-hybridized carbons (Fsp3) is 0.188. The lowest BCUT2D eigenvalue weighted by Gasteiger charge is -2.19. The van der Waals surface area contributed by atoms with E-state index >= 15 is 0 Å². The van der Waals surface area contributed by atoms with Crippen LogP contribution in [0.5, 0.6) is 0 Å². The van der Waals surface area contributed by atoms with E-state index in [2.05, 4.69) is 0 Å². The summed E-state index contributed by atoms with van der Waals surface area (Å²) in [4.78, 5) is 12.2. The molecule has 0 aromatic heterocycles. The van der Waals surface area contributed by atoms with Crippen molar-refractivity contribution >= 4 is 5.78 Å². The highest BCUT2D eigenvalue weighted by Gasteiger charge is 2.35. The highest BCUT2D eigenvalue weighted by Crippen LogP contribution is 2.29. The molecule has 0 amide bonds. The third-order valence-corrected chi connectivity index (χ3v) is 3.06. The largest absolute Gasteiger partial charge is 0.290 e. The molecule has 0 spiro atoms. The van der Waals surface area contributed by atoms with Gasteiger partial charge >= 0.3 is 0 Å². The molecule has 0 fully saturated rings. The van der Waals surface area contributed by atoms with Crippen molar-refractivity contribution in [2.24, 2.45) is 0 Å². The highest BCUT2D eigenvalue weighted by molar-refractivity contribution is 6.02. The van der Waals surface area contributed by atoms with Crippen LogP contribution in [-0.4, -0.2) is 5.78 Å². The van der Waals surface area contributed by atoms with E-state index in [1.54, 1.807) is 42.5 Å². The van der Waals surface area contributed by atoms with Gasteiger partial charge in [-0.2, -0.15) is 0 Å². The van der Waals surface area contributed by atoms with E-state index in [0.717, 1.165) is 5.56 Å². The molecule has 0 saturated carbocycles. The first-order valence-electron chi connectivity index (χ1n) is 5.88. The van der Waals surface area contributed by atoms with Gasteiger partial charge in [0.05, 0.1) is 0 Å². The fourth-order valence-corrected chi connectivity index (χ4v) is 1.86. The Bertz CT molecular complexity index is 541. The molecule has 0 radical (unpaired) electrons. The average molecular weight is 242 g/mol. The van der Waals surface area contributed by atoms with Gasteiger partial charge in [0.2, 0.25) is 5.78 Å². The summed E-state index contributed by atoms with van der Waals surface area (Å²) in [7, 11) is 0. The maximum atomic E-state index is 14.7. The SMILES string of the molecule is Cc1ccc(C(C)(F)C(=O)c2ccccc2)cc1. The van der Waals surface area contributed by atoms with Crippen LogP contribution >= 0.6 is 0 Å². The molecule has 2 rings (SSSR count). The van der Waals surface area contributed by atoms with Gasteiger partial charge in [-0.3, -0.25) is 4.79 Å². The van der Waals surface area contributed by atoms with Crippen LogP contribution in [0.15, 0.2) is 54.6 Å². The van der Waals surface area contributed by atoms with E-state index in [1.807, 2.05) is 19.1 Å². The molecule has 2 aromatic carbocycles. The van der Waals surface area contributed by atoms with E-state index in [1.165, 1.54) is 6.92 Å². The van der Waals surface area contributed by atoms with Gasteiger partial charge in [0.25, 0.3) is 0 Å². The zero-order chi connectivity index (χ0) is 13.2. The van der Waals surface area contributed by atoms with Gasteiger partial charge < -0.3 is 0 Å². The molecular formula is C16H15FO. The maximum absolute atomic E-state index is 14.7. The van der Waals surface area contributed by atoms with Crippen molar-refractivity contribution in [3.63, 3.8) is 0 Å². The Hall–Kier alpha value is -1.96. The first-order valence-corrected chi connectivity index (χ1v) is 5.88. The number of aryl methyl sites for hydroxylation is 1. The summed E-state index contributed by atoms with van der Waals surface area (Å²) >= 11 is 0. The van der Waals surface area contributed by atoms with Crippen molar-refractivity contribution < 1.29 is 9.18 Å². The molecule has 2 aromatic rings. The molecule has 0 N–H and O–H groups in total. The Balaban J connectivity index is 2.37. The van der Waals surface area contributed by atoms with Crippen molar-refractivity contribution in [3.05, 3.63) is 71.3 Å². The number of benzene rings is 2. The molecule has 0 aliphatic heterocycles. The summed E-state index contributed by atoms with van der Waals surface area (Å²) in [6, 6.07) is 15.5. The standard InChI is InChI=1S/C16H15FO/c1-12-8-10-14(11-9-12)16(2,17)15(18)13-6-4-3-5-7-13/h3-11H,1-2H3. The van der Waals surface area contributed by atoms with Crippen molar-refractivity contribution in [1.82, 2.24) is 0 Å². The maximum Gasteiger partial charge on any atom is 0.204 e. The lowest BCUT2D eigenvalue weighted by molar-refractivity contribution is 0.0720. The zero-order valence-electron chi connectivity index (χ0n) is 10.5. The van der Waals surface area contributed by atoms with Gasteiger partial charge in [-0.15, -0.1) is 0 Å². The van der Waals surface area contributed by atoms with Crippen LogP contribution in [0.2, 0.25) is 0 Å². The smallest absolute Gasteiger partial charge is 0.204 e. The van der Waals surface area contributed by atoms with Gasteiger partial charge in [-0.1, -0.05) is 60.2 Å². The van der Waals surface area contributed by atoms with Crippen LogP contribution < -0.4 is 0 Å². The number of hydrogen-bond donors (Lipinski definition) is 0. The third kappa shape index (κ3) is 2.33. The number of rotatable bonds is 3. The molecule has 2 heteroatoms. The lowest BCUT2D eigenvalue weighted by atomic mass is 9.89. The summed E-state index contributed by atoms with van der Waals surface area (Å²) in [6.07, 6.45) is 0. The van der Waals surface area contributed by atoms with Gasteiger partial charge in [0, 0.05) is 5.56 Å². The number of carbonyl (C=O) groups is 1. The second-order valence-corrected chi connectivity index (χ2v) is 4.56. The molecule has 1 unspecified atom stereocenters. The Kier molecular flexibility index (Phi) is 3.28. The number of ketones is 1. The zero-order valence-corrected chi connectivity index (χ0v) is 10.5. The molecule has 0 heterocycles. The normalized spacial score (nSPS) is 13.9. The number of Topliss-reactive ketones (excluding diaryl/α,β-unsaturated/α-hetero) is 1. The van der Waals surface area contributed by atoms with Crippen LogP contribution in [0, 0.1) is 6.92 Å². The fourth-order valence-electron chi connectivity index (χ4n) is 1.86. The molecular weight excluding hydrogens is 227 g/mol. The molecule has 92 valence electrons. The second kappa shape index (κ2) is 4.73. The predicted octanol–water partition coefficient (Wildman–Crippen LogP) is 4.06. The van der Waals surface area contributed by atoms with Crippen LogP contribution in [0.25, 0.3) is 0 Å². The Morgan fingerprint density at radius 3 is 2.11 bits per heavy atom. The van der Waals surface area contributed by atoms with E-state index in [-0.39, 0.29) is 0 Å². The number of halogens is 1. The van der Waals surface area contributed by atoms with Crippen LogP contribution in [0.4, 0.5) is 4.39 Å². The van der Waals surface area contributed by atoms with Crippen molar-refractivity contribution in [2.75, 3.05) is 0 Å². The lowest BCUT2D eigenvalue weighted by Crippen LogP contribution is -2.27. The summed E-state index contributed by atoms with van der Waals surface area (Å²) < 4.78 is 14.7. The molecule has 0 aliphatic rings. The van der Waals surface area contributed by atoms with Gasteiger partial charge in [0.15, 0.2) is 5.67 Å². The Morgan fingerprint density at radius 1 is 1.00 bits per heavy atom. The quantitative estimate of drug-likeness (QED) is 0.742. The average Bonchev–Trinajstić information content (AvgIpc) is 2.39. The van der Waals surface area contributed by atoms with E-state index < -0.39 is 11.5 Å². The summed E-state index contributed by atoms with van der Waals surface area (Å²) in [5.41, 5.74) is -0.165. The first-order chi connectivity index (χ1) is 8.51. The Labute approximate surface area is 106 Å². The summed E-state index contributed by atoms with van der Waals surface area (Å²) in [6.45, 7) is 3.24. The molecule has 1 nitrogen and oxygen atoms in total. The van der Waals surface area contributed by atoms with E-state index in [9.17, 15) is 9.18 Å². The number of hydrogen-bond acceptors (Lipinski definition) is 1. The molecule has 0 aliphatic carbocycles. The molecule has 0 bridgehead atoms. The minimum atomic E-state index is -1.99. The second-order valence-electron chi connectivity index (χ2n) is 4.56. The third-order valence-electron chi connectivity index (χ3n) is 3.06. The van der Waals surface area contributed by atoms with Gasteiger partial charge in [-0.25, -0.2) is 4.39 Å². The molecule has 0 saturated heterocycles. The minimum absolute atomic E-state index is 0.391. The monoisotopic (exact) mass is 242 g/mol. The van der Waals surface area contributed by atoms with Crippen LogP contribution in [0.3, 0.4) is 0 Å². The topological polar surface area (TPSA) is 17.1 Å². The van der Waals surface area contributed by atoms with E-state index in [4.69, 9.17) is 0 Å². The van der Waals surface area contributed by atoms with Crippen molar-refractivity contribution in [2.45, 2.75) is 19.5 Å². The summed E-state index contributed by atoms with van der Waals surface area (Å²) in [5, 5.41) is 0. The number of alkyl halides is 1. The Morgan fingerprint density at radius 2 is 1.56 bits per heavy atom. The van der Waals surface area contributed by atoms with Crippen molar-refractivity contribution in [3.8, 4) is 0 Å². The van der Waals surface area contributed by atoms with Crippen LogP contribution in [0.1, 0.15) is 28.4 Å². The highest BCUT2D eigenvalue weighted by atomic mass is 19.1. The van der Waals surface area contributed by atoms with Crippen LogP contribution in [-0.2, 0) is 5.67 Å². The predicted molar refractivity (Wildman–Crippen MR) is 70.4 cm³/mol.